The number of fused-ring (bicyclic) bond motifs is 1. The summed E-state index contributed by atoms with van der Waals surface area (Å²) in [5.74, 6) is 0.295. The minimum atomic E-state index is -4.79. The number of benzene rings is 2. The first-order valence-corrected chi connectivity index (χ1v) is 12.0. The van der Waals surface area contributed by atoms with Crippen LogP contribution in [0.1, 0.15) is 31.4 Å². The zero-order valence-electron chi connectivity index (χ0n) is 20.3. The van der Waals surface area contributed by atoms with Crippen LogP contribution in [-0.4, -0.2) is 38.3 Å². The second-order valence-electron chi connectivity index (χ2n) is 8.98. The number of hydrogen-bond acceptors (Lipinski definition) is 6. The highest BCUT2D eigenvalue weighted by atomic mass is 19.4. The van der Waals surface area contributed by atoms with Crippen LogP contribution >= 0.6 is 0 Å². The summed E-state index contributed by atoms with van der Waals surface area (Å²) >= 11 is 0. The highest BCUT2D eigenvalue weighted by molar-refractivity contribution is 5.78. The third-order valence-electron chi connectivity index (χ3n) is 6.21. The molecule has 2 aromatic heterocycles. The molecule has 1 fully saturated rings. The Kier molecular flexibility index (Phi) is 6.79. The molecule has 9 nitrogen and oxygen atoms in total. The lowest BCUT2D eigenvalue weighted by Gasteiger charge is -2.24. The number of halogens is 3. The first kappa shape index (κ1) is 25.3. The Labute approximate surface area is 214 Å². The van der Waals surface area contributed by atoms with E-state index in [1.807, 2.05) is 6.92 Å². The molecular formula is C26H24F3N5O4. The summed E-state index contributed by atoms with van der Waals surface area (Å²) in [5.41, 5.74) is 1.78. The first-order chi connectivity index (χ1) is 18.2. The summed E-state index contributed by atoms with van der Waals surface area (Å²) in [7, 11) is 0. The molecule has 12 heteroatoms. The van der Waals surface area contributed by atoms with Crippen LogP contribution in [0.15, 0.2) is 59.7 Å². The van der Waals surface area contributed by atoms with E-state index in [-0.39, 0.29) is 29.6 Å². The van der Waals surface area contributed by atoms with Crippen molar-refractivity contribution in [3.8, 4) is 22.9 Å². The lowest BCUT2D eigenvalue weighted by atomic mass is 9.94. The summed E-state index contributed by atoms with van der Waals surface area (Å²) < 4.78 is 49.4. The number of nitrogens with one attached hydrogen (secondary N) is 2. The van der Waals surface area contributed by atoms with Crippen LogP contribution < -0.4 is 20.3 Å². The van der Waals surface area contributed by atoms with Crippen molar-refractivity contribution in [3.05, 3.63) is 70.8 Å². The fourth-order valence-corrected chi connectivity index (χ4v) is 4.44. The topological polar surface area (TPSA) is 111 Å². The van der Waals surface area contributed by atoms with E-state index in [0.29, 0.717) is 47.0 Å². The molecule has 5 rings (SSSR count). The van der Waals surface area contributed by atoms with Gasteiger partial charge in [0, 0.05) is 31.0 Å². The molecule has 0 aliphatic carbocycles. The average molecular weight is 528 g/mol. The number of alkyl halides is 3. The summed E-state index contributed by atoms with van der Waals surface area (Å²) in [5, 5.41) is 2.77. The predicted molar refractivity (Wildman–Crippen MR) is 131 cm³/mol. The van der Waals surface area contributed by atoms with Crippen molar-refractivity contribution in [1.29, 1.82) is 0 Å². The fraction of sp³-hybridized carbons (Fsp3) is 0.308. The van der Waals surface area contributed by atoms with Crippen molar-refractivity contribution in [2.24, 2.45) is 5.92 Å². The molecule has 2 aromatic carbocycles. The number of H-pyrrole nitrogens is 1. The Bertz CT molecular complexity index is 1500. The molecule has 0 radical (unpaired) electrons. The van der Waals surface area contributed by atoms with E-state index in [1.54, 1.807) is 24.3 Å². The number of aryl methyl sites for hydroxylation is 1. The van der Waals surface area contributed by atoms with Gasteiger partial charge in [-0.25, -0.2) is 9.97 Å². The van der Waals surface area contributed by atoms with Crippen LogP contribution in [0.3, 0.4) is 0 Å². The van der Waals surface area contributed by atoms with Crippen molar-refractivity contribution < 1.29 is 27.4 Å². The Morgan fingerprint density at radius 2 is 1.79 bits per heavy atom. The molecule has 3 heterocycles. The summed E-state index contributed by atoms with van der Waals surface area (Å²) in [4.78, 5) is 36.3. The Balaban J connectivity index is 1.38. The van der Waals surface area contributed by atoms with Crippen LogP contribution in [0.25, 0.3) is 22.6 Å². The monoisotopic (exact) mass is 527 g/mol. The Hall–Kier alpha value is -4.35. The summed E-state index contributed by atoms with van der Waals surface area (Å²) in [6, 6.07) is 12.4. The number of nitrogens with zero attached hydrogens (tertiary/aromatic N) is 3. The van der Waals surface area contributed by atoms with Gasteiger partial charge in [0.05, 0.1) is 0 Å². The van der Waals surface area contributed by atoms with Crippen LogP contribution in [0.4, 0.5) is 13.2 Å². The minimum Gasteiger partial charge on any atom is -0.485 e. The normalized spacial score (nSPS) is 16.4. The van der Waals surface area contributed by atoms with Crippen LogP contribution in [0, 0.1) is 5.92 Å². The SMILES string of the molecule is CCCn1cnc2nc(-c3ccc(OC(c4ccc(OC(F)(F)F)cc4)C4CNC(=O)C4)cc3)[nH]c2c1=O. The minimum absolute atomic E-state index is 0.118. The van der Waals surface area contributed by atoms with Gasteiger partial charge in [-0.1, -0.05) is 19.1 Å². The summed E-state index contributed by atoms with van der Waals surface area (Å²) in [6.07, 6.45) is -2.87. The van der Waals surface area contributed by atoms with E-state index in [4.69, 9.17) is 4.74 Å². The number of imidazole rings is 1. The van der Waals surface area contributed by atoms with E-state index in [9.17, 15) is 22.8 Å². The number of rotatable bonds is 8. The number of carbonyl (C=O) groups is 1. The zero-order chi connectivity index (χ0) is 26.9. The van der Waals surface area contributed by atoms with Gasteiger partial charge in [-0.15, -0.1) is 13.2 Å². The van der Waals surface area contributed by atoms with Crippen LogP contribution in [-0.2, 0) is 11.3 Å². The van der Waals surface area contributed by atoms with Crippen LogP contribution in [0.5, 0.6) is 11.5 Å². The Morgan fingerprint density at radius 3 is 2.42 bits per heavy atom. The van der Waals surface area contributed by atoms with Crippen molar-refractivity contribution in [1.82, 2.24) is 24.8 Å². The van der Waals surface area contributed by atoms with Gasteiger partial charge in [-0.05, 0) is 48.4 Å². The maximum Gasteiger partial charge on any atom is 0.573 e. The standard InChI is InChI=1S/C26H24F3N5O4/c1-2-11-34-14-31-24-21(25(34)36)32-23(33-24)16-5-7-18(8-6-16)37-22(17-12-20(35)30-13-17)15-3-9-19(10-4-15)38-26(27,28)29/h3-10,14,17,22H,2,11-13H2,1H3,(H,30,35)(H,32,33). The second kappa shape index (κ2) is 10.2. The van der Waals surface area contributed by atoms with Gasteiger partial charge in [0.15, 0.2) is 11.2 Å². The van der Waals surface area contributed by atoms with Gasteiger partial charge in [-0.3, -0.25) is 14.2 Å². The fourth-order valence-electron chi connectivity index (χ4n) is 4.44. The molecule has 1 aliphatic rings. The average Bonchev–Trinajstić information content (AvgIpc) is 3.51. The highest BCUT2D eigenvalue weighted by Crippen LogP contribution is 2.34. The summed E-state index contributed by atoms with van der Waals surface area (Å²) in [6.45, 7) is 2.91. The molecular weight excluding hydrogens is 503 g/mol. The van der Waals surface area contributed by atoms with Gasteiger partial charge in [0.25, 0.3) is 5.56 Å². The third-order valence-corrected chi connectivity index (χ3v) is 6.21. The van der Waals surface area contributed by atoms with E-state index >= 15 is 0 Å². The maximum atomic E-state index is 12.7. The molecule has 2 unspecified atom stereocenters. The lowest BCUT2D eigenvalue weighted by Crippen LogP contribution is -2.22. The predicted octanol–water partition coefficient (Wildman–Crippen LogP) is 4.35. The molecule has 38 heavy (non-hydrogen) atoms. The molecule has 0 bridgehead atoms. The van der Waals surface area contributed by atoms with Crippen molar-refractivity contribution in [3.63, 3.8) is 0 Å². The van der Waals surface area contributed by atoms with Gasteiger partial charge >= 0.3 is 6.36 Å². The second-order valence-corrected chi connectivity index (χ2v) is 8.98. The molecule has 1 aliphatic heterocycles. The molecule has 2 N–H and O–H groups in total. The van der Waals surface area contributed by atoms with Crippen LogP contribution in [0.2, 0.25) is 0 Å². The highest BCUT2D eigenvalue weighted by Gasteiger charge is 2.33. The molecule has 0 spiro atoms. The quantitative estimate of drug-likeness (QED) is 0.353. The molecule has 1 saturated heterocycles. The lowest BCUT2D eigenvalue weighted by molar-refractivity contribution is -0.274. The molecule has 4 aromatic rings. The zero-order valence-corrected chi connectivity index (χ0v) is 20.3. The van der Waals surface area contributed by atoms with Crippen molar-refractivity contribution in [2.75, 3.05) is 6.54 Å². The van der Waals surface area contributed by atoms with Crippen molar-refractivity contribution >= 4 is 17.1 Å². The maximum absolute atomic E-state index is 12.7. The van der Waals surface area contributed by atoms with Gasteiger partial charge < -0.3 is 19.8 Å². The van der Waals surface area contributed by atoms with E-state index in [0.717, 1.165) is 6.42 Å². The largest absolute Gasteiger partial charge is 0.573 e. The van der Waals surface area contributed by atoms with Gasteiger partial charge in [0.2, 0.25) is 5.91 Å². The number of aromatic amines is 1. The van der Waals surface area contributed by atoms with E-state index in [2.05, 4.69) is 25.0 Å². The van der Waals surface area contributed by atoms with Crippen molar-refractivity contribution in [2.45, 2.75) is 38.8 Å². The van der Waals surface area contributed by atoms with E-state index < -0.39 is 12.5 Å². The molecule has 1 amide bonds. The van der Waals surface area contributed by atoms with E-state index in [1.165, 1.54) is 35.2 Å². The molecule has 2 atom stereocenters. The number of aromatic nitrogens is 4. The van der Waals surface area contributed by atoms with Gasteiger partial charge in [0.1, 0.15) is 29.8 Å². The van der Waals surface area contributed by atoms with Gasteiger partial charge in [-0.2, -0.15) is 0 Å². The molecule has 198 valence electrons. The number of amides is 1. The Morgan fingerprint density at radius 1 is 1.08 bits per heavy atom. The number of carbonyl (C=O) groups excluding carboxylic acids is 1. The smallest absolute Gasteiger partial charge is 0.485 e. The number of hydrogen-bond donors (Lipinski definition) is 2. The molecule has 0 saturated carbocycles. The number of ether oxygens (including phenoxy) is 2. The third kappa shape index (κ3) is 5.48. The first-order valence-electron chi connectivity index (χ1n) is 12.0.